The summed E-state index contributed by atoms with van der Waals surface area (Å²) in [7, 11) is 3.19. The molecule has 2 saturated heterocycles. The van der Waals surface area contributed by atoms with E-state index in [0.29, 0.717) is 37.6 Å². The first-order valence-corrected chi connectivity index (χ1v) is 12.3. The average molecular weight is 503 g/mol. The Labute approximate surface area is 215 Å². The van der Waals surface area contributed by atoms with Crippen molar-refractivity contribution in [2.24, 2.45) is 0 Å². The predicted molar refractivity (Wildman–Crippen MR) is 140 cm³/mol. The fraction of sp³-hybridized carbons (Fsp3) is 0.310. The molecule has 0 aliphatic carbocycles. The van der Waals surface area contributed by atoms with Gasteiger partial charge in [-0.2, -0.15) is 0 Å². The minimum absolute atomic E-state index is 0.0880. The molecule has 1 atom stereocenters. The van der Waals surface area contributed by atoms with Crippen LogP contribution in [0.1, 0.15) is 17.2 Å². The number of morpholine rings is 1. The van der Waals surface area contributed by atoms with Crippen LogP contribution in [0.4, 0.5) is 0 Å². The van der Waals surface area contributed by atoms with Crippen molar-refractivity contribution in [3.63, 3.8) is 0 Å². The minimum Gasteiger partial charge on any atom is -0.507 e. The third kappa shape index (κ3) is 4.90. The van der Waals surface area contributed by atoms with E-state index >= 15 is 0 Å². The molecule has 0 spiro atoms. The number of likely N-dealkylation sites (tertiary alicyclic amines) is 1. The van der Waals surface area contributed by atoms with E-state index in [1.54, 1.807) is 37.3 Å². The smallest absolute Gasteiger partial charge is 0.295 e. The van der Waals surface area contributed by atoms with Crippen LogP contribution in [0.5, 0.6) is 11.5 Å². The molecule has 0 aromatic heterocycles. The molecule has 0 radical (unpaired) electrons. The van der Waals surface area contributed by atoms with E-state index in [4.69, 9.17) is 14.2 Å². The lowest BCUT2D eigenvalue weighted by molar-refractivity contribution is -0.140. The molecular formula is C29H30N2O6. The summed E-state index contributed by atoms with van der Waals surface area (Å²) in [5.41, 5.74) is 1.29. The summed E-state index contributed by atoms with van der Waals surface area (Å²) in [6.45, 7) is 3.82. The SMILES string of the molecule is COc1ccc(C2/C(=C(\O)c3ccc4cc(OC)ccc4c3)C(=O)C(=O)N2CCN2CCOCC2)cc1. The van der Waals surface area contributed by atoms with Crippen molar-refractivity contribution in [2.75, 3.05) is 53.6 Å². The van der Waals surface area contributed by atoms with E-state index in [9.17, 15) is 14.7 Å². The molecule has 1 unspecified atom stereocenters. The van der Waals surface area contributed by atoms with Crippen molar-refractivity contribution < 1.29 is 28.9 Å². The molecule has 2 aliphatic rings. The molecule has 5 rings (SSSR count). The number of hydrogen-bond donors (Lipinski definition) is 1. The van der Waals surface area contributed by atoms with E-state index < -0.39 is 17.7 Å². The maximum absolute atomic E-state index is 13.4. The number of aliphatic hydroxyl groups excluding tert-OH is 1. The first-order chi connectivity index (χ1) is 18.0. The Kier molecular flexibility index (Phi) is 7.12. The van der Waals surface area contributed by atoms with Gasteiger partial charge in [-0.05, 0) is 46.7 Å². The van der Waals surface area contributed by atoms with Crippen LogP contribution >= 0.6 is 0 Å². The van der Waals surface area contributed by atoms with Crippen molar-refractivity contribution in [3.05, 3.63) is 77.4 Å². The molecule has 1 amide bonds. The number of benzene rings is 3. The third-order valence-electron chi connectivity index (χ3n) is 7.05. The Morgan fingerprint density at radius 3 is 2.24 bits per heavy atom. The number of ketones is 1. The maximum Gasteiger partial charge on any atom is 0.295 e. The quantitative estimate of drug-likeness (QED) is 0.300. The van der Waals surface area contributed by atoms with Gasteiger partial charge in [0.25, 0.3) is 11.7 Å². The van der Waals surface area contributed by atoms with E-state index in [2.05, 4.69) is 4.90 Å². The summed E-state index contributed by atoms with van der Waals surface area (Å²) in [5, 5.41) is 13.3. The Bertz CT molecular complexity index is 1340. The van der Waals surface area contributed by atoms with E-state index in [1.807, 2.05) is 42.5 Å². The second-order valence-corrected chi connectivity index (χ2v) is 9.15. The molecule has 2 heterocycles. The van der Waals surface area contributed by atoms with Crippen molar-refractivity contribution >= 4 is 28.2 Å². The molecule has 2 aliphatic heterocycles. The summed E-state index contributed by atoms with van der Waals surface area (Å²) in [6.07, 6.45) is 0. The molecule has 0 saturated carbocycles. The third-order valence-corrected chi connectivity index (χ3v) is 7.05. The standard InChI is InChI=1S/C29H30N2O6/c1-35-23-8-5-19(6-9-23)26-25(28(33)29(34)31(26)12-11-30-13-15-37-16-14-30)27(32)22-4-3-21-18-24(36-2)10-7-20(21)17-22/h3-10,17-18,26,32H,11-16H2,1-2H3/b27-25+. The number of fused-ring (bicyclic) bond motifs is 1. The van der Waals surface area contributed by atoms with E-state index in [-0.39, 0.29) is 11.3 Å². The van der Waals surface area contributed by atoms with Crippen molar-refractivity contribution in [3.8, 4) is 11.5 Å². The summed E-state index contributed by atoms with van der Waals surface area (Å²) in [4.78, 5) is 30.4. The highest BCUT2D eigenvalue weighted by atomic mass is 16.5. The molecule has 37 heavy (non-hydrogen) atoms. The van der Waals surface area contributed by atoms with Gasteiger partial charge in [0.2, 0.25) is 0 Å². The molecular weight excluding hydrogens is 472 g/mol. The van der Waals surface area contributed by atoms with Crippen LogP contribution in [-0.2, 0) is 14.3 Å². The lowest BCUT2D eigenvalue weighted by Crippen LogP contribution is -2.42. The van der Waals surface area contributed by atoms with Gasteiger partial charge in [0.15, 0.2) is 0 Å². The van der Waals surface area contributed by atoms with Gasteiger partial charge in [0, 0.05) is 31.7 Å². The van der Waals surface area contributed by atoms with Gasteiger partial charge < -0.3 is 24.2 Å². The number of Topliss-reactive ketones (excluding diaryl/α,β-unsaturated/α-hetero) is 1. The monoisotopic (exact) mass is 502 g/mol. The molecule has 3 aromatic rings. The van der Waals surface area contributed by atoms with E-state index in [0.717, 1.165) is 35.2 Å². The number of ether oxygens (including phenoxy) is 3. The van der Waals surface area contributed by atoms with Gasteiger partial charge in [0.05, 0.1) is 39.0 Å². The average Bonchev–Trinajstić information content (AvgIpc) is 3.20. The second kappa shape index (κ2) is 10.6. The van der Waals surface area contributed by atoms with Gasteiger partial charge in [-0.1, -0.05) is 30.3 Å². The summed E-state index contributed by atoms with van der Waals surface area (Å²) >= 11 is 0. The molecule has 192 valence electrons. The molecule has 0 bridgehead atoms. The number of hydrogen-bond acceptors (Lipinski definition) is 7. The van der Waals surface area contributed by atoms with Crippen LogP contribution in [0.3, 0.4) is 0 Å². The van der Waals surface area contributed by atoms with Gasteiger partial charge in [-0.15, -0.1) is 0 Å². The van der Waals surface area contributed by atoms with Crippen LogP contribution in [0.2, 0.25) is 0 Å². The van der Waals surface area contributed by atoms with Crippen LogP contribution in [0, 0.1) is 0 Å². The number of amides is 1. The van der Waals surface area contributed by atoms with Crippen molar-refractivity contribution in [1.82, 2.24) is 9.80 Å². The fourth-order valence-corrected chi connectivity index (χ4v) is 4.97. The zero-order valence-corrected chi connectivity index (χ0v) is 21.0. The normalized spacial score (nSPS) is 19.9. The van der Waals surface area contributed by atoms with E-state index in [1.165, 1.54) is 0 Å². The fourth-order valence-electron chi connectivity index (χ4n) is 4.97. The van der Waals surface area contributed by atoms with Gasteiger partial charge in [-0.3, -0.25) is 14.5 Å². The van der Waals surface area contributed by atoms with Crippen LogP contribution < -0.4 is 9.47 Å². The second-order valence-electron chi connectivity index (χ2n) is 9.15. The first kappa shape index (κ1) is 24.8. The topological polar surface area (TPSA) is 88.5 Å². The zero-order chi connectivity index (χ0) is 25.9. The Morgan fingerprint density at radius 2 is 1.54 bits per heavy atom. The van der Waals surface area contributed by atoms with Crippen molar-refractivity contribution in [2.45, 2.75) is 6.04 Å². The zero-order valence-electron chi connectivity index (χ0n) is 21.0. The van der Waals surface area contributed by atoms with Crippen molar-refractivity contribution in [1.29, 1.82) is 0 Å². The summed E-state index contributed by atoms with van der Waals surface area (Å²) in [5.74, 6) is -0.0871. The molecule has 8 nitrogen and oxygen atoms in total. The Hall–Kier alpha value is -3.88. The number of methoxy groups -OCH3 is 2. The first-order valence-electron chi connectivity index (χ1n) is 12.3. The molecule has 2 fully saturated rings. The number of nitrogens with zero attached hydrogens (tertiary/aromatic N) is 2. The number of carbonyl (C=O) groups is 2. The van der Waals surface area contributed by atoms with Crippen LogP contribution in [-0.4, -0.2) is 80.2 Å². The number of aliphatic hydroxyl groups is 1. The Balaban J connectivity index is 1.55. The van der Waals surface area contributed by atoms with Gasteiger partial charge in [0.1, 0.15) is 17.3 Å². The highest BCUT2D eigenvalue weighted by Crippen LogP contribution is 2.40. The maximum atomic E-state index is 13.4. The molecule has 8 heteroatoms. The van der Waals surface area contributed by atoms with Gasteiger partial charge >= 0.3 is 0 Å². The number of carbonyl (C=O) groups excluding carboxylic acids is 2. The van der Waals surface area contributed by atoms with Gasteiger partial charge in [-0.25, -0.2) is 0 Å². The van der Waals surface area contributed by atoms with Crippen LogP contribution in [0.25, 0.3) is 16.5 Å². The highest BCUT2D eigenvalue weighted by molar-refractivity contribution is 6.46. The molecule has 3 aromatic carbocycles. The lowest BCUT2D eigenvalue weighted by Gasteiger charge is -2.31. The predicted octanol–water partition coefficient (Wildman–Crippen LogP) is 3.61. The summed E-state index contributed by atoms with van der Waals surface area (Å²) < 4.78 is 16.0. The minimum atomic E-state index is -0.710. The van der Waals surface area contributed by atoms with Crippen LogP contribution in [0.15, 0.2) is 66.2 Å². The molecule has 1 N–H and O–H groups in total. The lowest BCUT2D eigenvalue weighted by atomic mass is 9.94. The Morgan fingerprint density at radius 1 is 0.892 bits per heavy atom. The largest absolute Gasteiger partial charge is 0.507 e. The highest BCUT2D eigenvalue weighted by Gasteiger charge is 2.46. The number of rotatable bonds is 7. The summed E-state index contributed by atoms with van der Waals surface area (Å²) in [6, 6.07) is 17.6.